The second-order valence-corrected chi connectivity index (χ2v) is 4.12. The van der Waals surface area contributed by atoms with Crippen molar-refractivity contribution in [2.45, 2.75) is 19.3 Å². The van der Waals surface area contributed by atoms with E-state index in [9.17, 15) is 0 Å². The van der Waals surface area contributed by atoms with Crippen molar-refractivity contribution in [1.29, 1.82) is 0 Å². The number of para-hydroxylation sites is 1. The van der Waals surface area contributed by atoms with Gasteiger partial charge in [0.2, 0.25) is 0 Å². The van der Waals surface area contributed by atoms with Gasteiger partial charge >= 0.3 is 0 Å². The van der Waals surface area contributed by atoms with Crippen LogP contribution in [0.2, 0.25) is 0 Å². The van der Waals surface area contributed by atoms with Gasteiger partial charge in [0.25, 0.3) is 0 Å². The van der Waals surface area contributed by atoms with Gasteiger partial charge in [-0.05, 0) is 31.4 Å². The molecule has 0 fully saturated rings. The highest BCUT2D eigenvalue weighted by molar-refractivity contribution is 5.54. The molecular weight excluding hydrogens is 198 g/mol. The van der Waals surface area contributed by atoms with E-state index in [4.69, 9.17) is 0 Å². The summed E-state index contributed by atoms with van der Waals surface area (Å²) in [7, 11) is 1.97. The predicted octanol–water partition coefficient (Wildman–Crippen LogP) is 2.40. The summed E-state index contributed by atoms with van der Waals surface area (Å²) in [5.74, 6) is 1.15. The van der Waals surface area contributed by atoms with Gasteiger partial charge in [-0.15, -0.1) is 0 Å². The quantitative estimate of drug-likeness (QED) is 0.830. The third-order valence-electron chi connectivity index (χ3n) is 3.14. The minimum absolute atomic E-state index is 1.11. The van der Waals surface area contributed by atoms with Crippen molar-refractivity contribution in [3.8, 4) is 5.69 Å². The monoisotopic (exact) mass is 213 g/mol. The molecule has 16 heavy (non-hydrogen) atoms. The average molecular weight is 213 g/mol. The smallest absolute Gasteiger partial charge is 0.133 e. The van der Waals surface area contributed by atoms with Crippen LogP contribution >= 0.6 is 0 Å². The Morgan fingerprint density at radius 3 is 2.75 bits per heavy atom. The molecule has 0 saturated heterocycles. The van der Waals surface area contributed by atoms with Gasteiger partial charge in [0, 0.05) is 12.6 Å². The first kappa shape index (κ1) is 9.46. The SMILES string of the molecule is CNc1c2c(nn1-c1ccccc1)CCC2. The molecule has 3 rings (SSSR count). The number of nitrogens with zero attached hydrogens (tertiary/aromatic N) is 2. The molecule has 1 aromatic carbocycles. The number of hydrogen-bond donors (Lipinski definition) is 1. The lowest BCUT2D eigenvalue weighted by Crippen LogP contribution is -2.03. The number of fused-ring (bicyclic) bond motifs is 1. The third-order valence-corrected chi connectivity index (χ3v) is 3.14. The first-order valence-electron chi connectivity index (χ1n) is 5.74. The van der Waals surface area contributed by atoms with E-state index in [1.54, 1.807) is 0 Å². The van der Waals surface area contributed by atoms with E-state index in [-0.39, 0.29) is 0 Å². The summed E-state index contributed by atoms with van der Waals surface area (Å²) in [4.78, 5) is 0. The van der Waals surface area contributed by atoms with E-state index in [2.05, 4.69) is 22.5 Å². The van der Waals surface area contributed by atoms with Crippen molar-refractivity contribution < 1.29 is 0 Å². The van der Waals surface area contributed by atoms with Crippen LogP contribution < -0.4 is 5.32 Å². The zero-order valence-electron chi connectivity index (χ0n) is 9.40. The Morgan fingerprint density at radius 2 is 2.00 bits per heavy atom. The largest absolute Gasteiger partial charge is 0.373 e. The van der Waals surface area contributed by atoms with Crippen LogP contribution in [0.4, 0.5) is 5.82 Å². The molecule has 3 heteroatoms. The lowest BCUT2D eigenvalue weighted by Gasteiger charge is -2.08. The number of anilines is 1. The molecule has 82 valence electrons. The molecular formula is C13H15N3. The Labute approximate surface area is 95.1 Å². The highest BCUT2D eigenvalue weighted by atomic mass is 15.3. The van der Waals surface area contributed by atoms with Gasteiger partial charge in [-0.25, -0.2) is 4.68 Å². The summed E-state index contributed by atoms with van der Waals surface area (Å²) in [5.41, 5.74) is 3.78. The molecule has 1 aromatic heterocycles. The number of hydrogen-bond acceptors (Lipinski definition) is 2. The molecule has 0 spiro atoms. The minimum atomic E-state index is 1.11. The summed E-state index contributed by atoms with van der Waals surface area (Å²) < 4.78 is 2.02. The molecule has 1 heterocycles. The fourth-order valence-corrected chi connectivity index (χ4v) is 2.40. The van der Waals surface area contributed by atoms with Gasteiger partial charge in [0.05, 0.1) is 11.4 Å². The minimum Gasteiger partial charge on any atom is -0.373 e. The van der Waals surface area contributed by atoms with E-state index in [1.807, 2.05) is 29.9 Å². The maximum atomic E-state index is 4.69. The molecule has 3 nitrogen and oxygen atoms in total. The van der Waals surface area contributed by atoms with Crippen molar-refractivity contribution >= 4 is 5.82 Å². The molecule has 0 bridgehead atoms. The summed E-state index contributed by atoms with van der Waals surface area (Å²) in [6.45, 7) is 0. The molecule has 0 amide bonds. The van der Waals surface area contributed by atoms with Crippen molar-refractivity contribution in [3.05, 3.63) is 41.6 Å². The molecule has 0 radical (unpaired) electrons. The van der Waals surface area contributed by atoms with Crippen LogP contribution in [0.25, 0.3) is 5.69 Å². The van der Waals surface area contributed by atoms with Crippen molar-refractivity contribution in [1.82, 2.24) is 9.78 Å². The molecule has 1 aliphatic carbocycles. The molecule has 0 atom stereocenters. The standard InChI is InChI=1S/C13H15N3/c1-14-13-11-8-5-9-12(11)15-16(13)10-6-3-2-4-7-10/h2-4,6-7,14H,5,8-9H2,1H3. The Balaban J connectivity index is 2.15. The summed E-state index contributed by atoms with van der Waals surface area (Å²) >= 11 is 0. The zero-order chi connectivity index (χ0) is 11.0. The fourth-order valence-electron chi connectivity index (χ4n) is 2.40. The van der Waals surface area contributed by atoms with Crippen LogP contribution in [0, 0.1) is 0 Å². The fraction of sp³-hybridized carbons (Fsp3) is 0.308. The Hall–Kier alpha value is -1.77. The number of nitrogens with one attached hydrogen (secondary N) is 1. The number of aryl methyl sites for hydroxylation is 1. The number of aromatic nitrogens is 2. The van der Waals surface area contributed by atoms with Crippen molar-refractivity contribution in [2.75, 3.05) is 12.4 Å². The average Bonchev–Trinajstić information content (AvgIpc) is 2.89. The molecule has 0 saturated carbocycles. The van der Waals surface area contributed by atoms with Crippen LogP contribution in [-0.2, 0) is 12.8 Å². The van der Waals surface area contributed by atoms with Crippen LogP contribution in [0.1, 0.15) is 17.7 Å². The van der Waals surface area contributed by atoms with Crippen LogP contribution in [0.15, 0.2) is 30.3 Å². The van der Waals surface area contributed by atoms with Crippen LogP contribution in [0.3, 0.4) is 0 Å². The second-order valence-electron chi connectivity index (χ2n) is 4.12. The summed E-state index contributed by atoms with van der Waals surface area (Å²) in [5, 5.41) is 7.96. The van der Waals surface area contributed by atoms with Crippen molar-refractivity contribution in [3.63, 3.8) is 0 Å². The van der Waals surface area contributed by atoms with Gasteiger partial charge in [-0.3, -0.25) is 0 Å². The maximum Gasteiger partial charge on any atom is 0.133 e. The Bertz CT molecular complexity index is 499. The topological polar surface area (TPSA) is 29.9 Å². The molecule has 0 aliphatic heterocycles. The van der Waals surface area contributed by atoms with Crippen molar-refractivity contribution in [2.24, 2.45) is 0 Å². The highest BCUT2D eigenvalue weighted by Gasteiger charge is 2.21. The van der Waals surface area contributed by atoms with Crippen LogP contribution in [-0.4, -0.2) is 16.8 Å². The first-order valence-corrected chi connectivity index (χ1v) is 5.74. The van der Waals surface area contributed by atoms with Gasteiger partial charge in [0.1, 0.15) is 5.82 Å². The molecule has 0 unspecified atom stereocenters. The van der Waals surface area contributed by atoms with Gasteiger partial charge in [0.15, 0.2) is 0 Å². The van der Waals surface area contributed by atoms with Gasteiger partial charge in [-0.2, -0.15) is 5.10 Å². The Morgan fingerprint density at radius 1 is 1.19 bits per heavy atom. The maximum absolute atomic E-state index is 4.69. The van der Waals surface area contributed by atoms with E-state index in [0.717, 1.165) is 24.3 Å². The van der Waals surface area contributed by atoms with Crippen LogP contribution in [0.5, 0.6) is 0 Å². The first-order chi connectivity index (χ1) is 7.90. The van der Waals surface area contributed by atoms with Gasteiger partial charge < -0.3 is 5.32 Å². The summed E-state index contributed by atoms with van der Waals surface area (Å²) in [6.07, 6.45) is 3.50. The molecule has 2 aromatic rings. The lowest BCUT2D eigenvalue weighted by atomic mass is 10.2. The van der Waals surface area contributed by atoms with E-state index in [0.29, 0.717) is 0 Å². The predicted molar refractivity (Wildman–Crippen MR) is 65.1 cm³/mol. The highest BCUT2D eigenvalue weighted by Crippen LogP contribution is 2.30. The normalized spacial score (nSPS) is 13.8. The third kappa shape index (κ3) is 1.32. The number of benzene rings is 1. The zero-order valence-corrected chi connectivity index (χ0v) is 9.40. The second kappa shape index (κ2) is 3.67. The van der Waals surface area contributed by atoms with E-state index < -0.39 is 0 Å². The lowest BCUT2D eigenvalue weighted by molar-refractivity contribution is 0.805. The van der Waals surface area contributed by atoms with Gasteiger partial charge in [-0.1, -0.05) is 18.2 Å². The number of rotatable bonds is 2. The van der Waals surface area contributed by atoms with E-state index in [1.165, 1.54) is 17.7 Å². The summed E-state index contributed by atoms with van der Waals surface area (Å²) in [6, 6.07) is 10.3. The Kier molecular flexibility index (Phi) is 2.17. The van der Waals surface area contributed by atoms with E-state index >= 15 is 0 Å². The molecule has 1 aliphatic rings. The molecule has 1 N–H and O–H groups in total.